The zero-order chi connectivity index (χ0) is 10.9. The van der Waals surface area contributed by atoms with Crippen LogP contribution in [0.25, 0.3) is 0 Å². The van der Waals surface area contributed by atoms with Crippen molar-refractivity contribution in [3.63, 3.8) is 0 Å². The number of aliphatic hydroxyl groups is 1. The van der Waals surface area contributed by atoms with Crippen molar-refractivity contribution in [2.45, 2.75) is 6.04 Å². The summed E-state index contributed by atoms with van der Waals surface area (Å²) in [7, 11) is 0. The van der Waals surface area contributed by atoms with Gasteiger partial charge in [0, 0.05) is 5.56 Å². The van der Waals surface area contributed by atoms with Crippen molar-refractivity contribution in [3.05, 3.63) is 23.3 Å². The van der Waals surface area contributed by atoms with E-state index in [9.17, 15) is 8.78 Å². The van der Waals surface area contributed by atoms with Gasteiger partial charge in [0.2, 0.25) is 5.82 Å². The van der Waals surface area contributed by atoms with Gasteiger partial charge in [0.15, 0.2) is 17.3 Å². The van der Waals surface area contributed by atoms with Crippen LogP contribution in [0.2, 0.25) is 0 Å². The molecule has 1 aromatic carbocycles. The lowest BCUT2D eigenvalue weighted by molar-refractivity contribution is 0.263. The number of phenols is 2. The predicted octanol–water partition coefficient (Wildman–Crippen LogP) is 0.368. The first-order valence-electron chi connectivity index (χ1n) is 3.75. The number of aliphatic hydroxyl groups excluding tert-OH is 1. The van der Waals surface area contributed by atoms with E-state index in [1.807, 2.05) is 0 Å². The van der Waals surface area contributed by atoms with Crippen molar-refractivity contribution in [2.75, 3.05) is 6.61 Å². The number of benzene rings is 1. The highest BCUT2D eigenvalue weighted by Gasteiger charge is 2.20. The first kappa shape index (κ1) is 10.7. The minimum absolute atomic E-state index is 0.291. The Bertz CT molecular complexity index is 357. The molecule has 0 bridgehead atoms. The van der Waals surface area contributed by atoms with Crippen LogP contribution in [-0.4, -0.2) is 21.9 Å². The number of phenolic OH excluding ortho intramolecular Hbond substituents is 2. The molecule has 1 rings (SSSR count). The molecule has 0 amide bonds. The molecular weight excluding hydrogens is 196 g/mol. The second kappa shape index (κ2) is 3.77. The minimum atomic E-state index is -1.48. The fourth-order valence-corrected chi connectivity index (χ4v) is 0.998. The molecular formula is C8H9F2NO3. The van der Waals surface area contributed by atoms with Crippen LogP contribution in [0.15, 0.2) is 6.07 Å². The monoisotopic (exact) mass is 205 g/mol. The third-order valence-corrected chi connectivity index (χ3v) is 1.79. The molecule has 0 aliphatic rings. The first-order valence-corrected chi connectivity index (χ1v) is 3.75. The van der Waals surface area contributed by atoms with Crippen LogP contribution in [-0.2, 0) is 0 Å². The molecule has 0 saturated heterocycles. The van der Waals surface area contributed by atoms with Crippen molar-refractivity contribution in [1.82, 2.24) is 0 Å². The molecule has 0 radical (unpaired) electrons. The summed E-state index contributed by atoms with van der Waals surface area (Å²) in [5.41, 5.74) is 4.97. The third kappa shape index (κ3) is 1.61. The van der Waals surface area contributed by atoms with Crippen molar-refractivity contribution >= 4 is 0 Å². The van der Waals surface area contributed by atoms with Crippen molar-refractivity contribution in [2.24, 2.45) is 5.73 Å². The summed E-state index contributed by atoms with van der Waals surface area (Å²) in [6, 6.07) is -0.422. The molecule has 1 aromatic rings. The Balaban J connectivity index is 3.33. The Morgan fingerprint density at radius 2 is 1.86 bits per heavy atom. The average Bonchev–Trinajstić information content (AvgIpc) is 2.19. The Hall–Kier alpha value is -1.40. The van der Waals surface area contributed by atoms with Crippen molar-refractivity contribution < 1.29 is 24.1 Å². The molecule has 4 nitrogen and oxygen atoms in total. The molecule has 0 aliphatic heterocycles. The fourth-order valence-electron chi connectivity index (χ4n) is 0.998. The van der Waals surface area contributed by atoms with Crippen LogP contribution in [0.1, 0.15) is 11.6 Å². The fraction of sp³-hybridized carbons (Fsp3) is 0.250. The quantitative estimate of drug-likeness (QED) is 0.561. The van der Waals surface area contributed by atoms with E-state index in [0.717, 1.165) is 0 Å². The van der Waals surface area contributed by atoms with E-state index in [1.54, 1.807) is 0 Å². The SMILES string of the molecule is NC(CO)c1cc(F)c(O)c(F)c1O. The van der Waals surface area contributed by atoms with Gasteiger partial charge < -0.3 is 21.1 Å². The lowest BCUT2D eigenvalue weighted by atomic mass is 10.1. The van der Waals surface area contributed by atoms with Gasteiger partial charge in [0.1, 0.15) is 0 Å². The summed E-state index contributed by atoms with van der Waals surface area (Å²) in [5.74, 6) is -4.94. The van der Waals surface area contributed by atoms with Crippen LogP contribution in [0.4, 0.5) is 8.78 Å². The van der Waals surface area contributed by atoms with Gasteiger partial charge in [-0.2, -0.15) is 4.39 Å². The maximum Gasteiger partial charge on any atom is 0.209 e. The van der Waals surface area contributed by atoms with E-state index in [4.69, 9.17) is 21.1 Å². The van der Waals surface area contributed by atoms with Gasteiger partial charge in [-0.25, -0.2) is 4.39 Å². The maximum atomic E-state index is 12.9. The molecule has 0 fully saturated rings. The summed E-state index contributed by atoms with van der Waals surface area (Å²) in [5, 5.41) is 26.5. The third-order valence-electron chi connectivity index (χ3n) is 1.79. The number of nitrogens with two attached hydrogens (primary N) is 1. The highest BCUT2D eigenvalue weighted by molar-refractivity contribution is 5.43. The maximum absolute atomic E-state index is 12.9. The molecule has 0 spiro atoms. The van der Waals surface area contributed by atoms with E-state index in [1.165, 1.54) is 0 Å². The van der Waals surface area contributed by atoms with E-state index >= 15 is 0 Å². The highest BCUT2D eigenvalue weighted by Crippen LogP contribution is 2.33. The molecule has 78 valence electrons. The number of hydrogen-bond donors (Lipinski definition) is 4. The van der Waals surface area contributed by atoms with Crippen LogP contribution in [0.5, 0.6) is 11.5 Å². The molecule has 0 aromatic heterocycles. The summed E-state index contributed by atoms with van der Waals surface area (Å²) in [6.45, 7) is -0.572. The zero-order valence-corrected chi connectivity index (χ0v) is 7.04. The molecule has 14 heavy (non-hydrogen) atoms. The molecule has 1 atom stereocenters. The second-order valence-electron chi connectivity index (χ2n) is 2.75. The van der Waals surface area contributed by atoms with Gasteiger partial charge in [0.05, 0.1) is 12.6 Å². The minimum Gasteiger partial charge on any atom is -0.504 e. The molecule has 0 aliphatic carbocycles. The topological polar surface area (TPSA) is 86.7 Å². The second-order valence-corrected chi connectivity index (χ2v) is 2.75. The van der Waals surface area contributed by atoms with Gasteiger partial charge in [-0.1, -0.05) is 0 Å². The van der Waals surface area contributed by atoms with Gasteiger partial charge in [-0.15, -0.1) is 0 Å². The van der Waals surface area contributed by atoms with E-state index in [0.29, 0.717) is 6.07 Å². The molecule has 0 heterocycles. The van der Waals surface area contributed by atoms with Crippen LogP contribution < -0.4 is 5.73 Å². The normalized spacial score (nSPS) is 12.9. The molecule has 6 heteroatoms. The van der Waals surface area contributed by atoms with Crippen LogP contribution >= 0.6 is 0 Å². The highest BCUT2D eigenvalue weighted by atomic mass is 19.1. The van der Waals surface area contributed by atoms with E-state index in [-0.39, 0.29) is 5.56 Å². The zero-order valence-electron chi connectivity index (χ0n) is 7.04. The van der Waals surface area contributed by atoms with Crippen LogP contribution in [0, 0.1) is 11.6 Å². The molecule has 5 N–H and O–H groups in total. The summed E-state index contributed by atoms with van der Waals surface area (Å²) < 4.78 is 25.6. The summed E-state index contributed by atoms with van der Waals surface area (Å²) in [6.07, 6.45) is 0. The summed E-state index contributed by atoms with van der Waals surface area (Å²) in [4.78, 5) is 0. The number of halogens is 2. The van der Waals surface area contributed by atoms with Gasteiger partial charge in [-0.3, -0.25) is 0 Å². The summed E-state index contributed by atoms with van der Waals surface area (Å²) >= 11 is 0. The Kier molecular flexibility index (Phi) is 2.87. The van der Waals surface area contributed by atoms with Gasteiger partial charge in [0.25, 0.3) is 0 Å². The van der Waals surface area contributed by atoms with Crippen molar-refractivity contribution in [3.8, 4) is 11.5 Å². The Morgan fingerprint density at radius 1 is 1.29 bits per heavy atom. The number of aromatic hydroxyl groups is 2. The largest absolute Gasteiger partial charge is 0.504 e. The van der Waals surface area contributed by atoms with Crippen molar-refractivity contribution in [1.29, 1.82) is 0 Å². The molecule has 1 unspecified atom stereocenters. The van der Waals surface area contributed by atoms with Gasteiger partial charge in [-0.05, 0) is 6.07 Å². The van der Waals surface area contributed by atoms with E-state index in [2.05, 4.69) is 0 Å². The van der Waals surface area contributed by atoms with E-state index < -0.39 is 35.8 Å². The van der Waals surface area contributed by atoms with Crippen LogP contribution in [0.3, 0.4) is 0 Å². The lowest BCUT2D eigenvalue weighted by Gasteiger charge is -2.12. The smallest absolute Gasteiger partial charge is 0.209 e. The standard InChI is InChI=1S/C8H9F2NO3/c9-4-1-3(5(11)2-12)7(13)6(10)8(4)14/h1,5,12-14H,2,11H2. The lowest BCUT2D eigenvalue weighted by Crippen LogP contribution is -2.15. The number of hydrogen-bond acceptors (Lipinski definition) is 4. The molecule has 0 saturated carbocycles. The predicted molar refractivity (Wildman–Crippen MR) is 43.7 cm³/mol. The Morgan fingerprint density at radius 3 is 2.36 bits per heavy atom. The number of rotatable bonds is 2. The first-order chi connectivity index (χ1) is 6.49. The van der Waals surface area contributed by atoms with Gasteiger partial charge >= 0.3 is 0 Å². The average molecular weight is 205 g/mol. The Labute approximate surface area is 78.2 Å².